The first-order valence-corrected chi connectivity index (χ1v) is 9.91. The number of aliphatic imine (C=N–C) groups is 1. The smallest absolute Gasteiger partial charge is 0.176 e. The summed E-state index contributed by atoms with van der Waals surface area (Å²) in [7, 11) is 0. The third-order valence-corrected chi connectivity index (χ3v) is 5.96. The number of nitrogens with zero attached hydrogens (tertiary/aromatic N) is 3. The first kappa shape index (κ1) is 17.5. The van der Waals surface area contributed by atoms with Crippen LogP contribution in [0.4, 0.5) is 0 Å². The predicted molar refractivity (Wildman–Crippen MR) is 105 cm³/mol. The van der Waals surface area contributed by atoms with Crippen LogP contribution in [0, 0.1) is 0 Å². The first-order valence-electron chi connectivity index (χ1n) is 8.65. The van der Waals surface area contributed by atoms with Gasteiger partial charge >= 0.3 is 0 Å². The second-order valence-electron chi connectivity index (χ2n) is 6.42. The zero-order chi connectivity index (χ0) is 18.3. The topological polar surface area (TPSA) is 58.0 Å². The van der Waals surface area contributed by atoms with Gasteiger partial charge in [0.2, 0.25) is 0 Å². The summed E-state index contributed by atoms with van der Waals surface area (Å²) in [4.78, 5) is 11.8. The van der Waals surface area contributed by atoms with Gasteiger partial charge in [-0.1, -0.05) is 36.4 Å². The van der Waals surface area contributed by atoms with Crippen LogP contribution >= 0.6 is 23.4 Å². The van der Waals surface area contributed by atoms with Crippen molar-refractivity contribution < 1.29 is 9.84 Å². The average Bonchev–Trinajstić information content (AvgIpc) is 3.15. The number of amidine groups is 1. The normalized spacial score (nSPS) is 24.5. The molecule has 3 atom stereocenters. The maximum Gasteiger partial charge on any atom is 0.176 e. The number of phenols is 1. The lowest BCUT2D eigenvalue weighted by Crippen LogP contribution is -2.28. The molecule has 0 spiro atoms. The van der Waals surface area contributed by atoms with Crippen molar-refractivity contribution in [2.75, 3.05) is 13.2 Å². The lowest BCUT2D eigenvalue weighted by atomic mass is 9.96. The Labute approximate surface area is 162 Å². The Morgan fingerprint density at radius 1 is 1.38 bits per heavy atom. The molecule has 1 fully saturated rings. The van der Waals surface area contributed by atoms with E-state index < -0.39 is 0 Å². The summed E-state index contributed by atoms with van der Waals surface area (Å²) in [6.45, 7) is 5.46. The van der Waals surface area contributed by atoms with Crippen LogP contribution in [0.3, 0.4) is 0 Å². The van der Waals surface area contributed by atoms with Gasteiger partial charge < -0.3 is 14.7 Å². The van der Waals surface area contributed by atoms with E-state index in [4.69, 9.17) is 21.3 Å². The molecule has 1 N–H and O–H groups in total. The molecule has 4 rings (SSSR count). The minimum Gasteiger partial charge on any atom is -0.503 e. The molecule has 1 aromatic heterocycles. The quantitative estimate of drug-likeness (QED) is 0.838. The summed E-state index contributed by atoms with van der Waals surface area (Å²) >= 11 is 8.08. The van der Waals surface area contributed by atoms with Crippen molar-refractivity contribution in [2.45, 2.75) is 31.2 Å². The minimum absolute atomic E-state index is 0.0186. The maximum absolute atomic E-state index is 10.2. The third-order valence-electron chi connectivity index (χ3n) is 4.57. The molecule has 0 unspecified atom stereocenters. The van der Waals surface area contributed by atoms with E-state index in [0.717, 1.165) is 23.0 Å². The van der Waals surface area contributed by atoms with E-state index in [1.807, 2.05) is 37.3 Å². The average molecular weight is 390 g/mol. The molecule has 0 bridgehead atoms. The van der Waals surface area contributed by atoms with Crippen LogP contribution in [0.5, 0.6) is 11.5 Å². The molecule has 0 aliphatic carbocycles. The van der Waals surface area contributed by atoms with Crippen LogP contribution in [0.15, 0.2) is 41.5 Å². The highest BCUT2D eigenvalue weighted by molar-refractivity contribution is 8.14. The summed E-state index contributed by atoms with van der Waals surface area (Å²) in [5.74, 6) is 0.387. The highest BCUT2D eigenvalue weighted by Gasteiger charge is 2.43. The number of ether oxygens (including phenoxy) is 1. The van der Waals surface area contributed by atoms with Crippen molar-refractivity contribution in [3.63, 3.8) is 0 Å². The van der Waals surface area contributed by atoms with E-state index in [2.05, 4.69) is 16.8 Å². The van der Waals surface area contributed by atoms with Crippen molar-refractivity contribution >= 4 is 28.5 Å². The fourth-order valence-corrected chi connectivity index (χ4v) is 4.82. The second kappa shape index (κ2) is 7.00. The first-order chi connectivity index (χ1) is 12.6. The Kier molecular flexibility index (Phi) is 4.71. The monoisotopic (exact) mass is 389 g/mol. The van der Waals surface area contributed by atoms with Crippen LogP contribution < -0.4 is 4.74 Å². The number of benzene rings is 1. The molecule has 136 valence electrons. The van der Waals surface area contributed by atoms with E-state index in [1.165, 1.54) is 0 Å². The Morgan fingerprint density at radius 3 is 2.96 bits per heavy atom. The Bertz CT molecular complexity index is 846. The molecular weight excluding hydrogens is 370 g/mol. The number of hydrogen-bond acceptors (Lipinski definition) is 6. The van der Waals surface area contributed by atoms with E-state index in [0.29, 0.717) is 22.6 Å². The second-order valence-corrected chi connectivity index (χ2v) is 8.23. The van der Waals surface area contributed by atoms with Crippen LogP contribution in [0.2, 0.25) is 5.02 Å². The molecule has 7 heteroatoms. The third kappa shape index (κ3) is 3.01. The largest absolute Gasteiger partial charge is 0.503 e. The van der Waals surface area contributed by atoms with Crippen molar-refractivity contribution in [2.24, 2.45) is 4.99 Å². The molecule has 3 heterocycles. The Balaban J connectivity index is 1.80. The fourth-order valence-electron chi connectivity index (χ4n) is 3.51. The zero-order valence-electron chi connectivity index (χ0n) is 14.6. The standard InChI is InChI=1S/C19H20ClN3O2S/c1-3-25-15-9-12(8-13(20)18(15)24)17-16(14-6-4-5-7-21-14)22-19-23(17)10-11(2)26-19/h4-9,11,16-17,24H,3,10H2,1-2H3/t11-,16+,17+/m0/s1. The summed E-state index contributed by atoms with van der Waals surface area (Å²) in [6, 6.07) is 9.45. The summed E-state index contributed by atoms with van der Waals surface area (Å²) in [5.41, 5.74) is 1.90. The van der Waals surface area contributed by atoms with E-state index in [-0.39, 0.29) is 17.8 Å². The predicted octanol–water partition coefficient (Wildman–Crippen LogP) is 4.43. The Hall–Kier alpha value is -1.92. The van der Waals surface area contributed by atoms with Gasteiger partial charge in [-0.3, -0.25) is 9.98 Å². The molecule has 2 aliphatic rings. The highest BCUT2D eigenvalue weighted by Crippen LogP contribution is 2.49. The molecular formula is C19H20ClN3O2S. The maximum atomic E-state index is 10.2. The fraction of sp³-hybridized carbons (Fsp3) is 0.368. The number of halogens is 1. The van der Waals surface area contributed by atoms with E-state index in [1.54, 1.807) is 18.0 Å². The number of aromatic hydroxyl groups is 1. The van der Waals surface area contributed by atoms with Gasteiger partial charge in [-0.05, 0) is 36.8 Å². The van der Waals surface area contributed by atoms with Crippen molar-refractivity contribution in [3.05, 3.63) is 52.8 Å². The Morgan fingerprint density at radius 2 is 2.23 bits per heavy atom. The van der Waals surface area contributed by atoms with Crippen LogP contribution in [0.25, 0.3) is 0 Å². The van der Waals surface area contributed by atoms with Crippen LogP contribution in [-0.2, 0) is 0 Å². The molecule has 5 nitrogen and oxygen atoms in total. The van der Waals surface area contributed by atoms with Gasteiger partial charge in [0.1, 0.15) is 6.04 Å². The number of fused-ring (bicyclic) bond motifs is 1. The number of hydrogen-bond donors (Lipinski definition) is 1. The van der Waals surface area contributed by atoms with E-state index in [9.17, 15) is 5.11 Å². The lowest BCUT2D eigenvalue weighted by molar-refractivity contribution is 0.306. The molecule has 1 saturated heterocycles. The van der Waals surface area contributed by atoms with Gasteiger partial charge in [-0.15, -0.1) is 0 Å². The molecule has 0 amide bonds. The number of thioether (sulfide) groups is 1. The van der Waals surface area contributed by atoms with Gasteiger partial charge in [0.05, 0.1) is 23.4 Å². The molecule has 2 aliphatic heterocycles. The molecule has 26 heavy (non-hydrogen) atoms. The molecule has 2 aromatic rings. The van der Waals surface area contributed by atoms with Crippen LogP contribution in [-0.4, -0.2) is 38.6 Å². The van der Waals surface area contributed by atoms with Gasteiger partial charge in [0.15, 0.2) is 16.7 Å². The molecule has 1 aromatic carbocycles. The van der Waals surface area contributed by atoms with Crippen LogP contribution in [0.1, 0.15) is 37.2 Å². The van der Waals surface area contributed by atoms with Crippen molar-refractivity contribution in [3.8, 4) is 11.5 Å². The number of phenolic OH excluding ortho intramolecular Hbond substituents is 1. The van der Waals surface area contributed by atoms with Gasteiger partial charge in [0, 0.05) is 18.0 Å². The van der Waals surface area contributed by atoms with Gasteiger partial charge in [0.25, 0.3) is 0 Å². The SMILES string of the molecule is CCOc1cc([C@@H]2[C@@H](c3ccccn3)N=C3S[C@@H](C)CN32)cc(Cl)c1O. The summed E-state index contributed by atoms with van der Waals surface area (Å²) in [5, 5.41) is 12.0. The van der Waals surface area contributed by atoms with Crippen molar-refractivity contribution in [1.29, 1.82) is 0 Å². The minimum atomic E-state index is -0.110. The van der Waals surface area contributed by atoms with Gasteiger partial charge in [-0.25, -0.2) is 0 Å². The number of aromatic nitrogens is 1. The number of rotatable bonds is 4. The molecule has 0 saturated carbocycles. The van der Waals surface area contributed by atoms with E-state index >= 15 is 0 Å². The summed E-state index contributed by atoms with van der Waals surface area (Å²) < 4.78 is 5.58. The zero-order valence-corrected chi connectivity index (χ0v) is 16.2. The molecule has 0 radical (unpaired) electrons. The number of pyridine rings is 1. The van der Waals surface area contributed by atoms with Crippen molar-refractivity contribution in [1.82, 2.24) is 9.88 Å². The summed E-state index contributed by atoms with van der Waals surface area (Å²) in [6.07, 6.45) is 1.79. The highest BCUT2D eigenvalue weighted by atomic mass is 35.5. The van der Waals surface area contributed by atoms with Gasteiger partial charge in [-0.2, -0.15) is 0 Å². The lowest BCUT2D eigenvalue weighted by Gasteiger charge is -2.28.